The van der Waals surface area contributed by atoms with Crippen LogP contribution in [-0.4, -0.2) is 34.9 Å². The molecule has 0 radical (unpaired) electrons. The van der Waals surface area contributed by atoms with Crippen molar-refractivity contribution in [3.8, 4) is 0 Å². The lowest BCUT2D eigenvalue weighted by atomic mass is 10.1. The second-order valence-corrected chi connectivity index (χ2v) is 5.57. The topological polar surface area (TPSA) is 45.2 Å². The summed E-state index contributed by atoms with van der Waals surface area (Å²) in [5, 5.41) is 3.55. The lowest BCUT2D eigenvalue weighted by Gasteiger charge is -2.20. The van der Waals surface area contributed by atoms with Gasteiger partial charge in [-0.2, -0.15) is 0 Å². The summed E-state index contributed by atoms with van der Waals surface area (Å²) in [7, 11) is 0. The van der Waals surface area contributed by atoms with Crippen LogP contribution in [0.3, 0.4) is 0 Å². The SMILES string of the molecule is CCN(CC)C(=O)c1cc(NC2CCCC2C)ccn1. The number of pyridine rings is 1. The maximum Gasteiger partial charge on any atom is 0.272 e. The molecule has 0 bridgehead atoms. The number of hydrogen-bond acceptors (Lipinski definition) is 3. The number of carbonyl (C=O) groups excluding carboxylic acids is 1. The predicted molar refractivity (Wildman–Crippen MR) is 81.9 cm³/mol. The van der Waals surface area contributed by atoms with E-state index >= 15 is 0 Å². The zero-order chi connectivity index (χ0) is 14.5. The molecule has 1 heterocycles. The van der Waals surface area contributed by atoms with Gasteiger partial charge in [0.2, 0.25) is 0 Å². The fourth-order valence-electron chi connectivity index (χ4n) is 2.88. The lowest BCUT2D eigenvalue weighted by Crippen LogP contribution is -2.31. The molecule has 2 atom stereocenters. The van der Waals surface area contributed by atoms with Gasteiger partial charge in [-0.05, 0) is 44.7 Å². The molecule has 0 aromatic carbocycles. The van der Waals surface area contributed by atoms with Crippen LogP contribution in [0.25, 0.3) is 0 Å². The molecule has 4 heteroatoms. The first-order valence-electron chi connectivity index (χ1n) is 7.67. The van der Waals surface area contributed by atoms with E-state index in [0.717, 1.165) is 5.69 Å². The molecule has 0 saturated heterocycles. The first-order valence-corrected chi connectivity index (χ1v) is 7.67. The zero-order valence-corrected chi connectivity index (χ0v) is 12.7. The van der Waals surface area contributed by atoms with Gasteiger partial charge >= 0.3 is 0 Å². The fourth-order valence-corrected chi connectivity index (χ4v) is 2.88. The van der Waals surface area contributed by atoms with E-state index < -0.39 is 0 Å². The summed E-state index contributed by atoms with van der Waals surface area (Å²) in [5.74, 6) is 0.711. The van der Waals surface area contributed by atoms with E-state index in [-0.39, 0.29) is 5.91 Å². The van der Waals surface area contributed by atoms with Gasteiger partial charge in [-0.1, -0.05) is 13.3 Å². The number of anilines is 1. The molecular formula is C16H25N3O. The van der Waals surface area contributed by atoms with Crippen LogP contribution >= 0.6 is 0 Å². The Morgan fingerprint density at radius 3 is 2.75 bits per heavy atom. The first-order chi connectivity index (χ1) is 9.65. The third-order valence-electron chi connectivity index (χ3n) is 4.24. The van der Waals surface area contributed by atoms with Crippen molar-refractivity contribution in [1.29, 1.82) is 0 Å². The number of hydrogen-bond donors (Lipinski definition) is 1. The molecule has 1 aliphatic carbocycles. The monoisotopic (exact) mass is 275 g/mol. The van der Waals surface area contributed by atoms with Gasteiger partial charge in [-0.3, -0.25) is 9.78 Å². The minimum absolute atomic E-state index is 0.0121. The molecule has 0 aliphatic heterocycles. The Balaban J connectivity index is 2.09. The van der Waals surface area contributed by atoms with Gasteiger partial charge in [0.1, 0.15) is 5.69 Å². The summed E-state index contributed by atoms with van der Waals surface area (Å²) in [6.45, 7) is 7.70. The Morgan fingerprint density at radius 1 is 1.40 bits per heavy atom. The van der Waals surface area contributed by atoms with Crippen LogP contribution in [0.1, 0.15) is 50.5 Å². The van der Waals surface area contributed by atoms with Crippen LogP contribution in [0.15, 0.2) is 18.3 Å². The van der Waals surface area contributed by atoms with E-state index in [1.165, 1.54) is 19.3 Å². The maximum atomic E-state index is 12.3. The van der Waals surface area contributed by atoms with Gasteiger partial charge in [-0.25, -0.2) is 0 Å². The quantitative estimate of drug-likeness (QED) is 0.897. The minimum Gasteiger partial charge on any atom is -0.382 e. The molecule has 1 amide bonds. The maximum absolute atomic E-state index is 12.3. The molecular weight excluding hydrogens is 250 g/mol. The van der Waals surface area contributed by atoms with Crippen LogP contribution < -0.4 is 5.32 Å². The Bertz CT molecular complexity index is 457. The van der Waals surface area contributed by atoms with Gasteiger partial charge in [0.05, 0.1) is 0 Å². The van der Waals surface area contributed by atoms with Crippen molar-refractivity contribution in [3.63, 3.8) is 0 Å². The molecule has 1 aliphatic rings. The fraction of sp³-hybridized carbons (Fsp3) is 0.625. The molecule has 20 heavy (non-hydrogen) atoms. The predicted octanol–water partition coefficient (Wildman–Crippen LogP) is 3.16. The standard InChI is InChI=1S/C16H25N3O/c1-4-19(5-2)16(20)15-11-13(9-10-17-15)18-14-8-6-7-12(14)3/h9-12,14H,4-8H2,1-3H3,(H,17,18). The number of amides is 1. The molecule has 1 aromatic rings. The Hall–Kier alpha value is -1.58. The highest BCUT2D eigenvalue weighted by Gasteiger charge is 2.23. The molecule has 1 N–H and O–H groups in total. The average Bonchev–Trinajstić information content (AvgIpc) is 2.86. The summed E-state index contributed by atoms with van der Waals surface area (Å²) in [5.41, 5.74) is 1.54. The third-order valence-corrected chi connectivity index (χ3v) is 4.24. The smallest absolute Gasteiger partial charge is 0.272 e. The second-order valence-electron chi connectivity index (χ2n) is 5.57. The Morgan fingerprint density at radius 2 is 2.15 bits per heavy atom. The van der Waals surface area contributed by atoms with Crippen LogP contribution in [0.2, 0.25) is 0 Å². The van der Waals surface area contributed by atoms with Crippen LogP contribution in [0.5, 0.6) is 0 Å². The number of carbonyl (C=O) groups is 1. The van der Waals surface area contributed by atoms with E-state index in [4.69, 9.17) is 0 Å². The van der Waals surface area contributed by atoms with Crippen molar-refractivity contribution >= 4 is 11.6 Å². The number of nitrogens with zero attached hydrogens (tertiary/aromatic N) is 2. The molecule has 1 aromatic heterocycles. The summed E-state index contributed by atoms with van der Waals surface area (Å²) >= 11 is 0. The largest absolute Gasteiger partial charge is 0.382 e. The van der Waals surface area contributed by atoms with Gasteiger partial charge in [0.25, 0.3) is 5.91 Å². The number of aromatic nitrogens is 1. The van der Waals surface area contributed by atoms with Gasteiger partial charge < -0.3 is 10.2 Å². The number of rotatable bonds is 5. The molecule has 0 spiro atoms. The van der Waals surface area contributed by atoms with Crippen molar-refractivity contribution in [1.82, 2.24) is 9.88 Å². The normalized spacial score (nSPS) is 21.8. The summed E-state index contributed by atoms with van der Waals surface area (Å²) in [6, 6.07) is 4.35. The zero-order valence-electron chi connectivity index (χ0n) is 12.7. The van der Waals surface area contributed by atoms with E-state index in [1.54, 1.807) is 11.1 Å². The van der Waals surface area contributed by atoms with Crippen molar-refractivity contribution in [2.45, 2.75) is 46.1 Å². The summed E-state index contributed by atoms with van der Waals surface area (Å²) in [6.07, 6.45) is 5.50. The molecule has 1 fully saturated rings. The van der Waals surface area contributed by atoms with Crippen molar-refractivity contribution in [3.05, 3.63) is 24.0 Å². The lowest BCUT2D eigenvalue weighted by molar-refractivity contribution is 0.0767. The molecule has 2 rings (SSSR count). The van der Waals surface area contributed by atoms with Crippen molar-refractivity contribution < 1.29 is 4.79 Å². The highest BCUT2D eigenvalue weighted by molar-refractivity contribution is 5.93. The van der Waals surface area contributed by atoms with Crippen molar-refractivity contribution in [2.75, 3.05) is 18.4 Å². The summed E-state index contributed by atoms with van der Waals surface area (Å²) in [4.78, 5) is 18.3. The van der Waals surface area contributed by atoms with Gasteiger partial charge in [0.15, 0.2) is 0 Å². The highest BCUT2D eigenvalue weighted by Crippen LogP contribution is 2.28. The van der Waals surface area contributed by atoms with Crippen LogP contribution in [0, 0.1) is 5.92 Å². The second kappa shape index (κ2) is 6.73. The van der Waals surface area contributed by atoms with Crippen LogP contribution in [-0.2, 0) is 0 Å². The highest BCUT2D eigenvalue weighted by atomic mass is 16.2. The van der Waals surface area contributed by atoms with E-state index in [2.05, 4.69) is 17.2 Å². The van der Waals surface area contributed by atoms with E-state index in [0.29, 0.717) is 30.7 Å². The minimum atomic E-state index is 0.0121. The van der Waals surface area contributed by atoms with Gasteiger partial charge in [-0.15, -0.1) is 0 Å². The van der Waals surface area contributed by atoms with E-state index in [9.17, 15) is 4.79 Å². The third kappa shape index (κ3) is 3.30. The molecule has 110 valence electrons. The first kappa shape index (κ1) is 14.8. The molecule has 1 saturated carbocycles. The molecule has 2 unspecified atom stereocenters. The van der Waals surface area contributed by atoms with Crippen LogP contribution in [0.4, 0.5) is 5.69 Å². The van der Waals surface area contributed by atoms with Crippen molar-refractivity contribution in [2.24, 2.45) is 5.92 Å². The Labute approximate surface area is 121 Å². The number of nitrogens with one attached hydrogen (secondary N) is 1. The Kier molecular flexibility index (Phi) is 4.99. The van der Waals surface area contributed by atoms with Gasteiger partial charge in [0, 0.05) is 31.0 Å². The average molecular weight is 275 g/mol. The summed E-state index contributed by atoms with van der Waals surface area (Å²) < 4.78 is 0. The molecule has 4 nitrogen and oxygen atoms in total. The van der Waals surface area contributed by atoms with E-state index in [1.807, 2.05) is 26.0 Å².